The first-order valence-electron chi connectivity index (χ1n) is 10.4. The fourth-order valence-electron chi connectivity index (χ4n) is 4.33. The molecule has 0 aliphatic rings. The Bertz CT molecular complexity index is 1800. The maximum atomic E-state index is 14.8. The molecule has 0 N–H and O–H groups in total. The summed E-state index contributed by atoms with van der Waals surface area (Å²) in [5.41, 5.74) is 2.53. The second kappa shape index (κ2) is 7.39. The molecule has 0 spiro atoms. The van der Waals surface area contributed by atoms with Crippen molar-refractivity contribution in [3.63, 3.8) is 0 Å². The van der Waals surface area contributed by atoms with Gasteiger partial charge < -0.3 is 4.90 Å². The maximum absolute atomic E-state index is 14.8. The van der Waals surface area contributed by atoms with E-state index in [1.807, 2.05) is 42.3 Å². The van der Waals surface area contributed by atoms with Crippen molar-refractivity contribution in [2.75, 3.05) is 11.9 Å². The molecule has 34 heavy (non-hydrogen) atoms. The Morgan fingerprint density at radius 2 is 1.85 bits per heavy atom. The normalized spacial score (nSPS) is 11.6. The monoisotopic (exact) mass is 473 g/mol. The molecule has 3 heterocycles. The minimum absolute atomic E-state index is 0.234. The van der Waals surface area contributed by atoms with Crippen molar-refractivity contribution >= 4 is 50.8 Å². The second-order valence-electron chi connectivity index (χ2n) is 7.96. The van der Waals surface area contributed by atoms with Gasteiger partial charge in [0.05, 0.1) is 16.7 Å². The number of aryl methyl sites for hydroxylation is 1. The van der Waals surface area contributed by atoms with Crippen LogP contribution in [0.25, 0.3) is 33.4 Å². The van der Waals surface area contributed by atoms with E-state index in [-0.39, 0.29) is 11.2 Å². The van der Waals surface area contributed by atoms with E-state index in [1.165, 1.54) is 15.2 Å². The van der Waals surface area contributed by atoms with Crippen LogP contribution in [0.3, 0.4) is 0 Å². The number of fused-ring (bicyclic) bond motifs is 4. The third-order valence-corrected chi connectivity index (χ3v) is 6.25. The number of rotatable bonds is 3. The molecular weight excluding hydrogens is 457 g/mol. The lowest BCUT2D eigenvalue weighted by Crippen LogP contribution is -2.21. The van der Waals surface area contributed by atoms with Crippen molar-refractivity contribution in [2.24, 2.45) is 7.05 Å². The van der Waals surface area contributed by atoms with Gasteiger partial charge in [0.2, 0.25) is 0 Å². The minimum Gasteiger partial charge on any atom is -0.329 e. The molecule has 6 rings (SSSR count). The summed E-state index contributed by atoms with van der Waals surface area (Å²) in [7, 11) is 3.50. The summed E-state index contributed by atoms with van der Waals surface area (Å²) in [5, 5.41) is 9.50. The fraction of sp³-hybridized carbons (Fsp3) is 0.0833. The Kier molecular flexibility index (Phi) is 4.43. The lowest BCUT2D eigenvalue weighted by Gasteiger charge is -2.21. The lowest BCUT2D eigenvalue weighted by atomic mass is 10.2. The zero-order valence-electron chi connectivity index (χ0n) is 18.1. The van der Waals surface area contributed by atoms with Gasteiger partial charge in [0.1, 0.15) is 23.5 Å². The van der Waals surface area contributed by atoms with Crippen molar-refractivity contribution in [1.82, 2.24) is 28.7 Å². The zero-order chi connectivity index (χ0) is 23.6. The summed E-state index contributed by atoms with van der Waals surface area (Å²) in [6.07, 6.45) is 1.59. The third-order valence-electron chi connectivity index (χ3n) is 6.02. The van der Waals surface area contributed by atoms with Gasteiger partial charge in [-0.25, -0.2) is 9.18 Å². The standard InChI is InChI=1S/C24H17ClFN7O/c1-30(22-17-10-9-14(25)11-20(17)32-13-27-29-23(32)28-22)15-5-3-6-16(12-15)33-21-18(26)7-4-8-19(21)31(2)24(33)34/h3-13H,1-2H3. The summed E-state index contributed by atoms with van der Waals surface area (Å²) in [6.45, 7) is 0. The first-order chi connectivity index (χ1) is 16.4. The van der Waals surface area contributed by atoms with Crippen LogP contribution in [0.4, 0.5) is 15.9 Å². The van der Waals surface area contributed by atoms with Gasteiger partial charge in [-0.3, -0.25) is 13.5 Å². The zero-order valence-corrected chi connectivity index (χ0v) is 18.9. The number of anilines is 2. The number of hydrogen-bond donors (Lipinski definition) is 0. The van der Waals surface area contributed by atoms with Gasteiger partial charge in [-0.05, 0) is 48.5 Å². The minimum atomic E-state index is -0.462. The van der Waals surface area contributed by atoms with Crippen LogP contribution in [0.15, 0.2) is 71.8 Å². The average molecular weight is 474 g/mol. The molecule has 8 nitrogen and oxygen atoms in total. The van der Waals surface area contributed by atoms with E-state index in [1.54, 1.807) is 42.0 Å². The molecule has 168 valence electrons. The van der Waals surface area contributed by atoms with Gasteiger partial charge in [0, 0.05) is 30.2 Å². The first-order valence-corrected chi connectivity index (χ1v) is 10.8. The van der Waals surface area contributed by atoms with E-state index < -0.39 is 5.82 Å². The molecule has 6 aromatic rings. The number of benzene rings is 3. The molecule has 0 radical (unpaired) electrons. The average Bonchev–Trinajstić information content (AvgIpc) is 3.42. The molecule has 0 saturated carbocycles. The van der Waals surface area contributed by atoms with Crippen molar-refractivity contribution in [2.45, 2.75) is 0 Å². The largest absolute Gasteiger partial charge is 0.333 e. The molecule has 0 bridgehead atoms. The summed E-state index contributed by atoms with van der Waals surface area (Å²) in [4.78, 5) is 19.6. The van der Waals surface area contributed by atoms with Crippen LogP contribution in [0.5, 0.6) is 0 Å². The Morgan fingerprint density at radius 3 is 2.71 bits per heavy atom. The predicted molar refractivity (Wildman–Crippen MR) is 130 cm³/mol. The third kappa shape index (κ3) is 2.90. The van der Waals surface area contributed by atoms with E-state index in [9.17, 15) is 9.18 Å². The molecular formula is C24H17ClFN7O. The van der Waals surface area contributed by atoms with Crippen molar-refractivity contribution in [1.29, 1.82) is 0 Å². The smallest absolute Gasteiger partial charge is 0.329 e. The summed E-state index contributed by atoms with van der Waals surface area (Å²) >= 11 is 6.25. The molecule has 0 saturated heterocycles. The van der Waals surface area contributed by atoms with Gasteiger partial charge in [0.15, 0.2) is 0 Å². The van der Waals surface area contributed by atoms with E-state index in [4.69, 9.17) is 16.6 Å². The topological polar surface area (TPSA) is 73.2 Å². The number of para-hydroxylation sites is 1. The highest BCUT2D eigenvalue weighted by molar-refractivity contribution is 6.31. The van der Waals surface area contributed by atoms with Crippen LogP contribution in [0.2, 0.25) is 5.02 Å². The Hall–Kier alpha value is -4.24. The quantitative estimate of drug-likeness (QED) is 0.379. The Balaban J connectivity index is 1.55. The molecule has 0 atom stereocenters. The second-order valence-corrected chi connectivity index (χ2v) is 8.40. The van der Waals surface area contributed by atoms with E-state index in [2.05, 4.69) is 10.2 Å². The SMILES string of the molecule is CN(c1cccc(-n2c(=O)n(C)c3cccc(F)c32)c1)c1nc2nncn2c2cc(Cl)ccc12. The molecule has 0 aliphatic heterocycles. The number of halogens is 2. The van der Waals surface area contributed by atoms with Crippen molar-refractivity contribution in [3.05, 3.63) is 88.3 Å². The van der Waals surface area contributed by atoms with Gasteiger partial charge in [0.25, 0.3) is 5.78 Å². The van der Waals surface area contributed by atoms with E-state index in [0.29, 0.717) is 27.8 Å². The highest BCUT2D eigenvalue weighted by atomic mass is 35.5. The van der Waals surface area contributed by atoms with Gasteiger partial charge in [-0.1, -0.05) is 23.7 Å². The van der Waals surface area contributed by atoms with Crippen LogP contribution in [0, 0.1) is 5.82 Å². The molecule has 0 unspecified atom stereocenters. The van der Waals surface area contributed by atoms with Crippen LogP contribution < -0.4 is 10.6 Å². The first kappa shape index (κ1) is 20.4. The van der Waals surface area contributed by atoms with Crippen LogP contribution in [-0.2, 0) is 7.05 Å². The number of aromatic nitrogens is 6. The lowest BCUT2D eigenvalue weighted by molar-refractivity contribution is 0.634. The van der Waals surface area contributed by atoms with Crippen molar-refractivity contribution in [3.8, 4) is 5.69 Å². The molecule has 3 aromatic carbocycles. The molecule has 3 aromatic heterocycles. The van der Waals surface area contributed by atoms with Crippen molar-refractivity contribution < 1.29 is 4.39 Å². The molecule has 0 fully saturated rings. The summed E-state index contributed by atoms with van der Waals surface area (Å²) < 4.78 is 19.3. The molecule has 0 amide bonds. The van der Waals surface area contributed by atoms with E-state index in [0.717, 1.165) is 16.6 Å². The fourth-order valence-corrected chi connectivity index (χ4v) is 4.49. The maximum Gasteiger partial charge on any atom is 0.333 e. The number of imidazole rings is 1. The number of nitrogens with zero attached hydrogens (tertiary/aromatic N) is 7. The Labute approximate surface area is 197 Å². The molecule has 0 aliphatic carbocycles. The highest BCUT2D eigenvalue weighted by Gasteiger charge is 2.18. The van der Waals surface area contributed by atoms with Crippen LogP contribution >= 0.6 is 11.6 Å². The van der Waals surface area contributed by atoms with Crippen LogP contribution in [-0.4, -0.2) is 35.8 Å². The Morgan fingerprint density at radius 1 is 1.03 bits per heavy atom. The summed E-state index contributed by atoms with van der Waals surface area (Å²) in [5.74, 6) is 0.608. The van der Waals surface area contributed by atoms with Gasteiger partial charge in [-0.15, -0.1) is 10.2 Å². The summed E-state index contributed by atoms with van der Waals surface area (Å²) in [6, 6.07) is 17.5. The van der Waals surface area contributed by atoms with Gasteiger partial charge >= 0.3 is 5.69 Å². The van der Waals surface area contributed by atoms with Gasteiger partial charge in [-0.2, -0.15) is 4.98 Å². The predicted octanol–water partition coefficient (Wildman–Crippen LogP) is 4.48. The molecule has 10 heteroatoms. The van der Waals surface area contributed by atoms with E-state index >= 15 is 0 Å². The number of hydrogen-bond acceptors (Lipinski definition) is 5. The highest BCUT2D eigenvalue weighted by Crippen LogP contribution is 2.32. The van der Waals surface area contributed by atoms with Crippen LogP contribution in [0.1, 0.15) is 0 Å².